The first kappa shape index (κ1) is 21.5. The summed E-state index contributed by atoms with van der Waals surface area (Å²) in [5.41, 5.74) is 1.89. The average molecular weight is 461 g/mol. The van der Waals surface area contributed by atoms with Crippen molar-refractivity contribution in [3.63, 3.8) is 0 Å². The Morgan fingerprint density at radius 1 is 0.743 bits per heavy atom. The van der Waals surface area contributed by atoms with Crippen LogP contribution in [0.25, 0.3) is 0 Å². The first-order valence-corrected chi connectivity index (χ1v) is 11.7. The molecule has 0 bridgehead atoms. The lowest BCUT2D eigenvalue weighted by molar-refractivity contribution is -0.188. The van der Waals surface area contributed by atoms with Crippen LogP contribution in [0.3, 0.4) is 0 Å². The van der Waals surface area contributed by atoms with Gasteiger partial charge in [0.15, 0.2) is 11.3 Å². The van der Waals surface area contributed by atoms with E-state index >= 15 is 0 Å². The Kier molecular flexibility index (Phi) is 5.10. The Balaban J connectivity index is 1.67. The Bertz CT molecular complexity index is 1390. The van der Waals surface area contributed by atoms with E-state index in [4.69, 9.17) is 0 Å². The molecule has 0 saturated carbocycles. The molecule has 0 radical (unpaired) electrons. The number of fused-ring (bicyclic) bond motifs is 2. The van der Waals surface area contributed by atoms with Crippen LogP contribution >= 0.6 is 0 Å². The van der Waals surface area contributed by atoms with Crippen LogP contribution in [0, 0.1) is 5.92 Å². The van der Waals surface area contributed by atoms with Crippen LogP contribution in [-0.4, -0.2) is 22.0 Å². The van der Waals surface area contributed by atoms with Crippen molar-refractivity contribution < 1.29 is 14.8 Å². The first-order valence-electron chi connectivity index (χ1n) is 11.7. The first-order chi connectivity index (χ1) is 17.1. The fraction of sp³-hybridized carbons (Fsp3) is 0.133. The van der Waals surface area contributed by atoms with Crippen molar-refractivity contribution in [2.45, 2.75) is 17.5 Å². The van der Waals surface area contributed by atoms with E-state index in [1.807, 2.05) is 103 Å². The van der Waals surface area contributed by atoms with Crippen molar-refractivity contribution in [1.82, 2.24) is 5.06 Å². The summed E-state index contributed by atoms with van der Waals surface area (Å²) in [5.74, 6) is -1.92. The molecule has 0 unspecified atom stereocenters. The van der Waals surface area contributed by atoms with Gasteiger partial charge in [-0.1, -0.05) is 109 Å². The molecule has 1 saturated heterocycles. The highest BCUT2D eigenvalue weighted by atomic mass is 16.5. The second-order valence-corrected chi connectivity index (χ2v) is 9.11. The van der Waals surface area contributed by atoms with Gasteiger partial charge in [0, 0.05) is 22.7 Å². The summed E-state index contributed by atoms with van der Waals surface area (Å²) in [7, 11) is 0. The Morgan fingerprint density at radius 2 is 1.29 bits per heavy atom. The Labute approximate surface area is 203 Å². The number of benzene rings is 4. The molecule has 4 atom stereocenters. The van der Waals surface area contributed by atoms with Gasteiger partial charge < -0.3 is 10.5 Å². The number of Topliss-reactive ketones (excluding diaryl/α,β-unsaturated/α-hetero) is 1. The number of hydrogen-bond donors (Lipinski definition) is 2. The van der Waals surface area contributed by atoms with E-state index in [-0.39, 0.29) is 5.78 Å². The largest absolute Gasteiger partial charge is 0.324 e. The van der Waals surface area contributed by atoms with Gasteiger partial charge in [0.05, 0.1) is 12.0 Å². The second-order valence-electron chi connectivity index (χ2n) is 9.11. The van der Waals surface area contributed by atoms with Gasteiger partial charge in [0.1, 0.15) is 0 Å². The predicted molar refractivity (Wildman–Crippen MR) is 133 cm³/mol. The molecule has 5 heteroatoms. The molecule has 1 spiro atoms. The van der Waals surface area contributed by atoms with Crippen molar-refractivity contribution in [3.8, 4) is 0 Å². The minimum atomic E-state index is -1.58. The standard InChI is InChI=1S/C30H24N2O3/c33-28(22-16-8-3-9-17-22)26-25(20-12-4-1-5-13-20)27(21-14-6-2-7-15-21)32(35)30(26)23-18-10-11-19-24(23)31-29(30)34/h1-19,25-27,35H,(H,31,34)/t25-,26+,27+,30-/m1/s1. The maximum absolute atomic E-state index is 14.4. The summed E-state index contributed by atoms with van der Waals surface area (Å²) >= 11 is 0. The zero-order chi connectivity index (χ0) is 24.0. The lowest BCUT2D eigenvalue weighted by Gasteiger charge is -2.34. The maximum Gasteiger partial charge on any atom is 0.252 e. The number of rotatable bonds is 4. The molecule has 2 aliphatic rings. The monoisotopic (exact) mass is 460 g/mol. The van der Waals surface area contributed by atoms with Crippen LogP contribution in [0.5, 0.6) is 0 Å². The van der Waals surface area contributed by atoms with Gasteiger partial charge in [0.25, 0.3) is 5.91 Å². The summed E-state index contributed by atoms with van der Waals surface area (Å²) in [4.78, 5) is 28.3. The lowest BCUT2D eigenvalue weighted by atomic mass is 9.69. The Hall–Kier alpha value is -4.06. The van der Waals surface area contributed by atoms with Crippen molar-refractivity contribution in [2.24, 2.45) is 5.92 Å². The predicted octanol–water partition coefficient (Wildman–Crippen LogP) is 5.56. The molecule has 0 aliphatic carbocycles. The quantitative estimate of drug-likeness (QED) is 0.391. The number of amides is 1. The summed E-state index contributed by atoms with van der Waals surface area (Å²) < 4.78 is 0. The van der Waals surface area contributed by atoms with Crippen molar-refractivity contribution >= 4 is 17.4 Å². The molecule has 1 fully saturated rings. The molecule has 2 N–H and O–H groups in total. The van der Waals surface area contributed by atoms with Crippen LogP contribution in [0.15, 0.2) is 115 Å². The summed E-state index contributed by atoms with van der Waals surface area (Å²) in [6, 6.07) is 35.1. The van der Waals surface area contributed by atoms with Gasteiger partial charge in [-0.15, -0.1) is 0 Å². The highest BCUT2D eigenvalue weighted by molar-refractivity contribution is 6.12. The summed E-state index contributed by atoms with van der Waals surface area (Å²) in [6.45, 7) is 0. The molecule has 172 valence electrons. The number of nitrogens with zero attached hydrogens (tertiary/aromatic N) is 1. The van der Waals surface area contributed by atoms with E-state index in [1.165, 1.54) is 0 Å². The zero-order valence-electron chi connectivity index (χ0n) is 18.9. The third-order valence-electron chi connectivity index (χ3n) is 7.37. The maximum atomic E-state index is 14.4. The third-order valence-corrected chi connectivity index (χ3v) is 7.37. The van der Waals surface area contributed by atoms with Crippen LogP contribution < -0.4 is 5.32 Å². The molecule has 1 amide bonds. The SMILES string of the molecule is O=C(c1ccccc1)[C@@H]1[C@@H](c2ccccc2)[C@H](c2ccccc2)N(O)[C@@]12C(=O)Nc1ccccc12. The number of ketones is 1. The fourth-order valence-electron chi connectivity index (χ4n) is 5.94. The third kappa shape index (κ3) is 3.09. The van der Waals surface area contributed by atoms with Crippen molar-refractivity contribution in [2.75, 3.05) is 5.32 Å². The van der Waals surface area contributed by atoms with E-state index in [0.29, 0.717) is 16.8 Å². The highest BCUT2D eigenvalue weighted by Crippen LogP contribution is 2.62. The molecule has 4 aromatic rings. The molecule has 6 rings (SSSR count). The zero-order valence-corrected chi connectivity index (χ0v) is 18.9. The number of para-hydroxylation sites is 1. The molecular formula is C30H24N2O3. The average Bonchev–Trinajstić information content (AvgIpc) is 3.37. The topological polar surface area (TPSA) is 69.6 Å². The minimum Gasteiger partial charge on any atom is -0.324 e. The van der Waals surface area contributed by atoms with Crippen LogP contribution in [0.2, 0.25) is 0 Å². The smallest absolute Gasteiger partial charge is 0.252 e. The number of carbonyl (C=O) groups is 2. The van der Waals surface area contributed by atoms with Gasteiger partial charge in [-0.2, -0.15) is 5.06 Å². The van der Waals surface area contributed by atoms with E-state index < -0.39 is 29.3 Å². The number of carbonyl (C=O) groups excluding carboxylic acids is 2. The number of nitrogens with one attached hydrogen (secondary N) is 1. The lowest BCUT2D eigenvalue weighted by Crippen LogP contribution is -2.51. The molecule has 0 aromatic heterocycles. The van der Waals surface area contributed by atoms with E-state index in [9.17, 15) is 14.8 Å². The van der Waals surface area contributed by atoms with Crippen LogP contribution in [-0.2, 0) is 10.3 Å². The molecule has 4 aromatic carbocycles. The normalized spacial score (nSPS) is 25.4. The Morgan fingerprint density at radius 3 is 1.94 bits per heavy atom. The van der Waals surface area contributed by atoms with E-state index in [1.54, 1.807) is 12.1 Å². The minimum absolute atomic E-state index is 0.177. The van der Waals surface area contributed by atoms with Crippen molar-refractivity contribution in [3.05, 3.63) is 138 Å². The molecular weight excluding hydrogens is 436 g/mol. The summed E-state index contributed by atoms with van der Waals surface area (Å²) in [6.07, 6.45) is 0. The number of hydroxylamine groups is 2. The molecule has 2 aliphatic heterocycles. The van der Waals surface area contributed by atoms with Gasteiger partial charge in [0.2, 0.25) is 0 Å². The van der Waals surface area contributed by atoms with Gasteiger partial charge in [-0.25, -0.2) is 0 Å². The highest BCUT2D eigenvalue weighted by Gasteiger charge is 2.69. The van der Waals surface area contributed by atoms with Crippen LogP contribution in [0.4, 0.5) is 5.69 Å². The number of anilines is 1. The molecule has 2 heterocycles. The van der Waals surface area contributed by atoms with Gasteiger partial charge in [-0.05, 0) is 17.2 Å². The van der Waals surface area contributed by atoms with E-state index in [0.717, 1.165) is 16.2 Å². The van der Waals surface area contributed by atoms with Gasteiger partial charge >= 0.3 is 0 Å². The van der Waals surface area contributed by atoms with Crippen molar-refractivity contribution in [1.29, 1.82) is 0 Å². The second kappa shape index (κ2) is 8.31. The molecule has 5 nitrogen and oxygen atoms in total. The van der Waals surface area contributed by atoms with Gasteiger partial charge in [-0.3, -0.25) is 9.59 Å². The molecule has 35 heavy (non-hydrogen) atoms. The summed E-state index contributed by atoms with van der Waals surface area (Å²) in [5, 5.41) is 16.1. The number of hydrogen-bond acceptors (Lipinski definition) is 4. The fourth-order valence-corrected chi connectivity index (χ4v) is 5.94. The van der Waals surface area contributed by atoms with Crippen LogP contribution in [0.1, 0.15) is 39.0 Å². The van der Waals surface area contributed by atoms with E-state index in [2.05, 4.69) is 5.32 Å².